The van der Waals surface area contributed by atoms with Crippen LogP contribution in [0.4, 0.5) is 0 Å². The smallest absolute Gasteiger partial charge is 0.0462 e. The van der Waals surface area contributed by atoms with Gasteiger partial charge < -0.3 is 10.1 Å². The van der Waals surface area contributed by atoms with E-state index in [-0.39, 0.29) is 0 Å². The Balaban J connectivity index is 2.47. The van der Waals surface area contributed by atoms with Gasteiger partial charge in [0.05, 0.1) is 0 Å². The van der Waals surface area contributed by atoms with Gasteiger partial charge in [-0.3, -0.25) is 0 Å². The summed E-state index contributed by atoms with van der Waals surface area (Å²) in [7, 11) is 3.80. The summed E-state index contributed by atoms with van der Waals surface area (Å²) in [5, 5.41) is 3.29. The lowest BCUT2D eigenvalue weighted by atomic mass is 9.94. The van der Waals surface area contributed by atoms with E-state index in [0.717, 1.165) is 26.0 Å². The number of benzene rings is 1. The lowest BCUT2D eigenvalue weighted by Gasteiger charge is -2.16. The Morgan fingerprint density at radius 1 is 1.35 bits per heavy atom. The summed E-state index contributed by atoms with van der Waals surface area (Å²) < 4.78 is 5.12. The number of methoxy groups -OCH3 is 1. The maximum absolute atomic E-state index is 5.12. The van der Waals surface area contributed by atoms with Gasteiger partial charge in [-0.1, -0.05) is 29.8 Å². The molecule has 0 saturated carbocycles. The Morgan fingerprint density at radius 2 is 2.18 bits per heavy atom. The van der Waals surface area contributed by atoms with Crippen LogP contribution in [0.5, 0.6) is 0 Å². The van der Waals surface area contributed by atoms with Crippen molar-refractivity contribution in [1.29, 1.82) is 0 Å². The van der Waals surface area contributed by atoms with E-state index in [0.29, 0.717) is 5.92 Å². The third-order valence-electron chi connectivity index (χ3n) is 3.06. The summed E-state index contributed by atoms with van der Waals surface area (Å²) in [5.41, 5.74) is 2.80. The summed E-state index contributed by atoms with van der Waals surface area (Å²) in [6.07, 6.45) is 3.53. The molecular weight excluding hydrogens is 210 g/mol. The standard InChI is InChI=1S/C15H25NO/c1-13-6-4-7-14(10-13)11-15(12-16-2)8-5-9-17-3/h4,6-7,10,15-16H,5,8-9,11-12H2,1-3H3. The van der Waals surface area contributed by atoms with E-state index in [1.807, 2.05) is 7.05 Å². The van der Waals surface area contributed by atoms with Crippen molar-refractivity contribution in [3.8, 4) is 0 Å². The Kier molecular flexibility index (Phi) is 6.90. The Bertz CT molecular complexity index is 312. The average molecular weight is 235 g/mol. The highest BCUT2D eigenvalue weighted by Gasteiger charge is 2.08. The Hall–Kier alpha value is -0.860. The van der Waals surface area contributed by atoms with Gasteiger partial charge in [0.15, 0.2) is 0 Å². The van der Waals surface area contributed by atoms with Gasteiger partial charge in [0.1, 0.15) is 0 Å². The van der Waals surface area contributed by atoms with Gasteiger partial charge in [-0.2, -0.15) is 0 Å². The minimum atomic E-state index is 0.706. The van der Waals surface area contributed by atoms with Crippen LogP contribution in [0.25, 0.3) is 0 Å². The highest BCUT2D eigenvalue weighted by molar-refractivity contribution is 5.22. The highest BCUT2D eigenvalue weighted by atomic mass is 16.5. The minimum Gasteiger partial charge on any atom is -0.385 e. The fourth-order valence-corrected chi connectivity index (χ4v) is 2.25. The van der Waals surface area contributed by atoms with Gasteiger partial charge >= 0.3 is 0 Å². The summed E-state index contributed by atoms with van der Waals surface area (Å²) in [6, 6.07) is 8.82. The molecule has 0 heterocycles. The zero-order chi connectivity index (χ0) is 12.5. The third-order valence-corrected chi connectivity index (χ3v) is 3.06. The summed E-state index contributed by atoms with van der Waals surface area (Å²) in [6.45, 7) is 4.10. The first-order valence-corrected chi connectivity index (χ1v) is 6.45. The molecule has 0 amide bonds. The topological polar surface area (TPSA) is 21.3 Å². The molecule has 0 aliphatic carbocycles. The zero-order valence-corrected chi connectivity index (χ0v) is 11.3. The quantitative estimate of drug-likeness (QED) is 0.700. The molecule has 0 aromatic heterocycles. The van der Waals surface area contributed by atoms with Crippen LogP contribution < -0.4 is 5.32 Å². The number of aryl methyl sites for hydroxylation is 1. The van der Waals surface area contributed by atoms with Crippen LogP contribution in [0, 0.1) is 12.8 Å². The van der Waals surface area contributed by atoms with E-state index in [1.54, 1.807) is 7.11 Å². The fraction of sp³-hybridized carbons (Fsp3) is 0.600. The number of ether oxygens (including phenoxy) is 1. The second-order valence-electron chi connectivity index (χ2n) is 4.75. The second-order valence-corrected chi connectivity index (χ2v) is 4.75. The lowest BCUT2D eigenvalue weighted by Crippen LogP contribution is -2.21. The van der Waals surface area contributed by atoms with Gasteiger partial charge in [0.2, 0.25) is 0 Å². The van der Waals surface area contributed by atoms with Crippen molar-refractivity contribution < 1.29 is 4.74 Å². The van der Waals surface area contributed by atoms with Crippen molar-refractivity contribution >= 4 is 0 Å². The largest absolute Gasteiger partial charge is 0.385 e. The molecule has 0 fully saturated rings. The molecule has 2 heteroatoms. The molecule has 0 radical (unpaired) electrons. The van der Waals surface area contributed by atoms with Gasteiger partial charge in [0, 0.05) is 13.7 Å². The molecule has 0 spiro atoms. The highest BCUT2D eigenvalue weighted by Crippen LogP contribution is 2.15. The van der Waals surface area contributed by atoms with E-state index in [2.05, 4.69) is 36.5 Å². The van der Waals surface area contributed by atoms with E-state index in [4.69, 9.17) is 4.74 Å². The van der Waals surface area contributed by atoms with E-state index < -0.39 is 0 Å². The lowest BCUT2D eigenvalue weighted by molar-refractivity contribution is 0.186. The summed E-state index contributed by atoms with van der Waals surface area (Å²) in [4.78, 5) is 0. The van der Waals surface area contributed by atoms with Crippen molar-refractivity contribution in [1.82, 2.24) is 5.32 Å². The summed E-state index contributed by atoms with van der Waals surface area (Å²) >= 11 is 0. The number of nitrogens with one attached hydrogen (secondary N) is 1. The molecule has 0 aliphatic rings. The monoisotopic (exact) mass is 235 g/mol. The van der Waals surface area contributed by atoms with Crippen molar-refractivity contribution in [2.75, 3.05) is 27.3 Å². The Labute approximate surface area is 105 Å². The van der Waals surface area contributed by atoms with Crippen molar-refractivity contribution in [3.05, 3.63) is 35.4 Å². The van der Waals surface area contributed by atoms with E-state index in [1.165, 1.54) is 17.5 Å². The maximum atomic E-state index is 5.12. The molecular formula is C15H25NO. The van der Waals surface area contributed by atoms with Crippen LogP contribution in [0.2, 0.25) is 0 Å². The molecule has 0 bridgehead atoms. The third kappa shape index (κ3) is 5.85. The molecule has 0 aliphatic heterocycles. The molecule has 1 unspecified atom stereocenters. The normalized spacial score (nSPS) is 12.6. The maximum Gasteiger partial charge on any atom is 0.0462 e. The van der Waals surface area contributed by atoms with Gasteiger partial charge in [-0.15, -0.1) is 0 Å². The van der Waals surface area contributed by atoms with Crippen LogP contribution in [0.3, 0.4) is 0 Å². The molecule has 0 saturated heterocycles. The van der Waals surface area contributed by atoms with Crippen LogP contribution in [-0.4, -0.2) is 27.3 Å². The predicted octanol–water partition coefficient (Wildman–Crippen LogP) is 2.80. The molecule has 96 valence electrons. The van der Waals surface area contributed by atoms with Gasteiger partial charge in [0.25, 0.3) is 0 Å². The number of rotatable bonds is 8. The van der Waals surface area contributed by atoms with Gasteiger partial charge in [-0.25, -0.2) is 0 Å². The molecule has 1 rings (SSSR count). The zero-order valence-electron chi connectivity index (χ0n) is 11.3. The first-order valence-electron chi connectivity index (χ1n) is 6.45. The van der Waals surface area contributed by atoms with Crippen LogP contribution >= 0.6 is 0 Å². The van der Waals surface area contributed by atoms with E-state index in [9.17, 15) is 0 Å². The molecule has 1 atom stereocenters. The second kappa shape index (κ2) is 8.26. The van der Waals surface area contributed by atoms with Crippen LogP contribution in [0.1, 0.15) is 24.0 Å². The van der Waals surface area contributed by atoms with Crippen molar-refractivity contribution in [2.45, 2.75) is 26.2 Å². The van der Waals surface area contributed by atoms with Crippen molar-refractivity contribution in [2.24, 2.45) is 5.92 Å². The molecule has 1 aromatic carbocycles. The summed E-state index contributed by atoms with van der Waals surface area (Å²) in [5.74, 6) is 0.706. The van der Waals surface area contributed by atoms with E-state index >= 15 is 0 Å². The predicted molar refractivity (Wildman–Crippen MR) is 73.4 cm³/mol. The number of hydrogen-bond acceptors (Lipinski definition) is 2. The van der Waals surface area contributed by atoms with Gasteiger partial charge in [-0.05, 0) is 51.3 Å². The SMILES string of the molecule is CNCC(CCCOC)Cc1cccc(C)c1. The molecule has 1 N–H and O–H groups in total. The average Bonchev–Trinajstić information content (AvgIpc) is 2.29. The minimum absolute atomic E-state index is 0.706. The first-order chi connectivity index (χ1) is 8.26. The molecule has 17 heavy (non-hydrogen) atoms. The van der Waals surface area contributed by atoms with Crippen LogP contribution in [-0.2, 0) is 11.2 Å². The number of hydrogen-bond donors (Lipinski definition) is 1. The Morgan fingerprint density at radius 3 is 2.82 bits per heavy atom. The first kappa shape index (κ1) is 14.2. The molecule has 1 aromatic rings. The van der Waals surface area contributed by atoms with Crippen LogP contribution in [0.15, 0.2) is 24.3 Å². The molecule has 2 nitrogen and oxygen atoms in total. The fourth-order valence-electron chi connectivity index (χ4n) is 2.25. The van der Waals surface area contributed by atoms with Crippen molar-refractivity contribution in [3.63, 3.8) is 0 Å².